The fourth-order valence-corrected chi connectivity index (χ4v) is 1.67. The lowest BCUT2D eigenvalue weighted by Crippen LogP contribution is -2.19. The van der Waals surface area contributed by atoms with Gasteiger partial charge in [-0.2, -0.15) is 22.0 Å². The van der Waals surface area contributed by atoms with Gasteiger partial charge in [-0.3, -0.25) is 0 Å². The van der Waals surface area contributed by atoms with Gasteiger partial charge >= 0.3 is 12.8 Å². The van der Waals surface area contributed by atoms with Crippen molar-refractivity contribution in [3.8, 4) is 5.75 Å². The van der Waals surface area contributed by atoms with Crippen LogP contribution in [-0.4, -0.2) is 19.8 Å². The Labute approximate surface area is 107 Å². The molecule has 108 valence electrons. The third-order valence-corrected chi connectivity index (χ3v) is 2.57. The van der Waals surface area contributed by atoms with Gasteiger partial charge in [-0.15, -0.1) is 0 Å². The van der Waals surface area contributed by atoms with Crippen molar-refractivity contribution in [2.24, 2.45) is 0 Å². The molecule has 1 aromatic rings. The quantitative estimate of drug-likeness (QED) is 0.800. The van der Waals surface area contributed by atoms with Gasteiger partial charge in [0.15, 0.2) is 0 Å². The molecule has 1 rings (SSSR count). The molecule has 1 aromatic carbocycles. The topological polar surface area (TPSA) is 21.3 Å². The van der Waals surface area contributed by atoms with Crippen molar-refractivity contribution >= 4 is 0 Å². The summed E-state index contributed by atoms with van der Waals surface area (Å²) >= 11 is 0. The molecule has 0 aromatic heterocycles. The summed E-state index contributed by atoms with van der Waals surface area (Å²) in [5.41, 5.74) is 0.591. The van der Waals surface area contributed by atoms with Gasteiger partial charge in [-0.25, -0.2) is 0 Å². The summed E-state index contributed by atoms with van der Waals surface area (Å²) in [6.07, 6.45) is -5.24. The Morgan fingerprint density at radius 2 is 1.74 bits per heavy atom. The van der Waals surface area contributed by atoms with Crippen LogP contribution < -0.4 is 10.1 Å². The maximum atomic E-state index is 12.1. The van der Waals surface area contributed by atoms with E-state index in [4.69, 9.17) is 0 Å². The Morgan fingerprint density at radius 1 is 1.16 bits per heavy atom. The van der Waals surface area contributed by atoms with E-state index in [1.54, 1.807) is 7.05 Å². The van der Waals surface area contributed by atoms with Crippen LogP contribution in [0.25, 0.3) is 0 Å². The minimum Gasteiger partial charge on any atom is -0.435 e. The number of alkyl halides is 5. The van der Waals surface area contributed by atoms with Crippen molar-refractivity contribution in [1.82, 2.24) is 5.32 Å². The molecule has 0 fully saturated rings. The normalized spacial score (nSPS) is 13.6. The number of halogens is 5. The number of nitrogens with one attached hydrogen (secondary N) is 1. The van der Waals surface area contributed by atoms with Crippen molar-refractivity contribution in [2.45, 2.75) is 31.7 Å². The fourth-order valence-electron chi connectivity index (χ4n) is 1.67. The first kappa shape index (κ1) is 15.7. The Morgan fingerprint density at radius 3 is 2.16 bits per heavy atom. The second kappa shape index (κ2) is 6.70. The first-order valence-electron chi connectivity index (χ1n) is 5.60. The summed E-state index contributed by atoms with van der Waals surface area (Å²) in [6, 6.07) is 5.06. The summed E-state index contributed by atoms with van der Waals surface area (Å²) in [7, 11) is 1.55. The Hall–Kier alpha value is -1.37. The fraction of sp³-hybridized carbons (Fsp3) is 0.500. The highest BCUT2D eigenvalue weighted by Crippen LogP contribution is 2.28. The molecule has 0 spiro atoms. The van der Waals surface area contributed by atoms with Crippen LogP contribution in [0.4, 0.5) is 22.0 Å². The van der Waals surface area contributed by atoms with Gasteiger partial charge in [-0.05, 0) is 31.2 Å². The molecular formula is C12H14F5NO. The molecule has 1 atom stereocenters. The van der Waals surface area contributed by atoms with E-state index in [0.29, 0.717) is 5.56 Å². The molecule has 0 amide bonds. The number of benzene rings is 1. The molecule has 0 aliphatic carbocycles. The van der Waals surface area contributed by atoms with E-state index < -0.39 is 25.3 Å². The van der Waals surface area contributed by atoms with E-state index in [0.717, 1.165) is 0 Å². The molecular weight excluding hydrogens is 269 g/mol. The summed E-state index contributed by atoms with van der Waals surface area (Å²) < 4.78 is 64.5. The maximum Gasteiger partial charge on any atom is 0.389 e. The Balaban J connectivity index is 2.66. The predicted molar refractivity (Wildman–Crippen MR) is 60.2 cm³/mol. The second-order valence-corrected chi connectivity index (χ2v) is 3.94. The van der Waals surface area contributed by atoms with Crippen molar-refractivity contribution in [3.63, 3.8) is 0 Å². The van der Waals surface area contributed by atoms with E-state index in [1.807, 2.05) is 0 Å². The van der Waals surface area contributed by atoms with Gasteiger partial charge in [0.1, 0.15) is 5.75 Å². The third kappa shape index (κ3) is 5.87. The number of rotatable bonds is 6. The van der Waals surface area contributed by atoms with Gasteiger partial charge in [0.2, 0.25) is 0 Å². The van der Waals surface area contributed by atoms with Crippen LogP contribution in [0.3, 0.4) is 0 Å². The van der Waals surface area contributed by atoms with Crippen LogP contribution in [0.1, 0.15) is 24.4 Å². The molecule has 0 bridgehead atoms. The van der Waals surface area contributed by atoms with E-state index in [9.17, 15) is 22.0 Å². The van der Waals surface area contributed by atoms with Crippen LogP contribution in [0.15, 0.2) is 24.3 Å². The summed E-state index contributed by atoms with van der Waals surface area (Å²) in [6.45, 7) is -2.92. The smallest absolute Gasteiger partial charge is 0.389 e. The van der Waals surface area contributed by atoms with Crippen LogP contribution in [0.5, 0.6) is 5.75 Å². The highest BCUT2D eigenvalue weighted by Gasteiger charge is 2.28. The minimum atomic E-state index is -4.21. The molecule has 0 radical (unpaired) electrons. The maximum absolute atomic E-state index is 12.1. The molecule has 0 aliphatic rings. The highest BCUT2D eigenvalue weighted by atomic mass is 19.4. The second-order valence-electron chi connectivity index (χ2n) is 3.94. The van der Waals surface area contributed by atoms with Gasteiger partial charge < -0.3 is 10.1 Å². The average molecular weight is 283 g/mol. The van der Waals surface area contributed by atoms with Gasteiger partial charge in [-0.1, -0.05) is 12.1 Å². The average Bonchev–Trinajstić information content (AvgIpc) is 2.29. The number of hydrogen-bond acceptors (Lipinski definition) is 2. The first-order chi connectivity index (χ1) is 8.81. The van der Waals surface area contributed by atoms with Crippen molar-refractivity contribution in [2.75, 3.05) is 7.05 Å². The summed E-state index contributed by atoms with van der Waals surface area (Å²) in [5.74, 6) is -0.0237. The van der Waals surface area contributed by atoms with Crippen LogP contribution >= 0.6 is 0 Å². The first-order valence-corrected chi connectivity index (χ1v) is 5.60. The minimum absolute atomic E-state index is 0.0237. The highest BCUT2D eigenvalue weighted by molar-refractivity contribution is 5.29. The van der Waals surface area contributed by atoms with Crippen molar-refractivity contribution in [3.05, 3.63) is 29.8 Å². The molecule has 0 heterocycles. The van der Waals surface area contributed by atoms with E-state index in [1.165, 1.54) is 24.3 Å². The van der Waals surface area contributed by atoms with Crippen LogP contribution in [0, 0.1) is 0 Å². The van der Waals surface area contributed by atoms with E-state index >= 15 is 0 Å². The van der Waals surface area contributed by atoms with Crippen molar-refractivity contribution in [1.29, 1.82) is 0 Å². The molecule has 2 nitrogen and oxygen atoms in total. The van der Waals surface area contributed by atoms with Gasteiger partial charge in [0, 0.05) is 12.5 Å². The molecule has 1 unspecified atom stereocenters. The lowest BCUT2D eigenvalue weighted by Gasteiger charge is -2.18. The Kier molecular flexibility index (Phi) is 5.53. The zero-order valence-corrected chi connectivity index (χ0v) is 10.2. The standard InChI is InChI=1S/C12H14F5NO/c1-18-10(6-7-12(15,16)17)8-2-4-9(5-3-8)19-11(13)14/h2-5,10-11,18H,6-7H2,1H3. The van der Waals surface area contributed by atoms with Gasteiger partial charge in [0.05, 0.1) is 0 Å². The predicted octanol–water partition coefficient (Wildman–Crippen LogP) is 3.89. The lowest BCUT2D eigenvalue weighted by atomic mass is 10.0. The molecule has 0 saturated carbocycles. The summed E-state index contributed by atoms with van der Waals surface area (Å²) in [4.78, 5) is 0. The zero-order chi connectivity index (χ0) is 14.5. The van der Waals surface area contributed by atoms with E-state index in [-0.39, 0.29) is 12.2 Å². The third-order valence-electron chi connectivity index (χ3n) is 2.57. The SMILES string of the molecule is CNC(CCC(F)(F)F)c1ccc(OC(F)F)cc1. The molecule has 0 aliphatic heterocycles. The lowest BCUT2D eigenvalue weighted by molar-refractivity contribution is -0.136. The van der Waals surface area contributed by atoms with Gasteiger partial charge in [0.25, 0.3) is 0 Å². The van der Waals surface area contributed by atoms with Crippen molar-refractivity contribution < 1.29 is 26.7 Å². The van der Waals surface area contributed by atoms with Crippen LogP contribution in [0.2, 0.25) is 0 Å². The number of ether oxygens (including phenoxy) is 1. The largest absolute Gasteiger partial charge is 0.435 e. The molecule has 19 heavy (non-hydrogen) atoms. The molecule has 0 saturated heterocycles. The molecule has 7 heteroatoms. The monoisotopic (exact) mass is 283 g/mol. The van der Waals surface area contributed by atoms with Crippen LogP contribution in [-0.2, 0) is 0 Å². The zero-order valence-electron chi connectivity index (χ0n) is 10.2. The number of hydrogen-bond donors (Lipinski definition) is 1. The molecule has 1 N–H and O–H groups in total. The summed E-state index contributed by atoms with van der Waals surface area (Å²) in [5, 5.41) is 2.76. The Bertz CT molecular complexity index is 377. The van der Waals surface area contributed by atoms with E-state index in [2.05, 4.69) is 10.1 Å².